The van der Waals surface area contributed by atoms with E-state index in [-0.39, 0.29) is 0 Å². The molecule has 3 aliphatic heterocycles. The van der Waals surface area contributed by atoms with Crippen molar-refractivity contribution in [1.82, 2.24) is 9.34 Å². The highest BCUT2D eigenvalue weighted by Gasteiger charge is 2.40. The topological polar surface area (TPSA) is 43.6 Å². The summed E-state index contributed by atoms with van der Waals surface area (Å²) in [5.41, 5.74) is 0. The predicted molar refractivity (Wildman–Crippen MR) is 102 cm³/mol. The first-order chi connectivity index (χ1) is 10.3. The van der Waals surface area contributed by atoms with Crippen LogP contribution in [0.2, 0.25) is 0 Å². The van der Waals surface area contributed by atoms with Gasteiger partial charge < -0.3 is 0 Å². The van der Waals surface area contributed by atoms with E-state index in [4.69, 9.17) is 49.5 Å². The molecule has 128 valence electrons. The zero-order valence-corrected chi connectivity index (χ0v) is 17.9. The highest BCUT2D eigenvalue weighted by Crippen LogP contribution is 2.86. The van der Waals surface area contributed by atoms with Gasteiger partial charge in [0.05, 0.1) is 0 Å². The van der Waals surface area contributed by atoms with Gasteiger partial charge in [-0.25, -0.2) is 9.34 Å². The lowest BCUT2D eigenvalue weighted by Gasteiger charge is -2.39. The molecule has 0 aliphatic carbocycles. The molecule has 0 spiro atoms. The molecule has 0 aromatic heterocycles. The average molecular weight is 445 g/mol. The van der Waals surface area contributed by atoms with Gasteiger partial charge >= 0.3 is 0 Å². The first-order valence-electron chi connectivity index (χ1n) is 7.54. The third-order valence-corrected chi connectivity index (χ3v) is 17.8. The zero-order chi connectivity index (χ0) is 15.8. The molecule has 0 aromatic rings. The summed E-state index contributed by atoms with van der Waals surface area (Å²) in [6.07, 6.45) is 6.84. The van der Waals surface area contributed by atoms with E-state index in [1.165, 1.54) is 12.8 Å². The van der Waals surface area contributed by atoms with E-state index in [0.29, 0.717) is 0 Å². The molecular weight excluding hydrogens is 425 g/mol. The Bertz CT molecular complexity index is 568. The maximum atomic E-state index is 6.86. The van der Waals surface area contributed by atoms with Crippen molar-refractivity contribution in [3.05, 3.63) is 0 Å². The Balaban J connectivity index is 2.03. The average Bonchev–Trinajstić information content (AvgIpc) is 2.47. The smallest absolute Gasteiger partial charge is 0.240 e. The van der Waals surface area contributed by atoms with Crippen LogP contribution in [0.5, 0.6) is 0 Å². The van der Waals surface area contributed by atoms with E-state index in [1.807, 2.05) is 0 Å². The summed E-state index contributed by atoms with van der Waals surface area (Å²) in [5.74, 6) is -2.86. The summed E-state index contributed by atoms with van der Waals surface area (Å²) in [5, 5.41) is 0. The van der Waals surface area contributed by atoms with Crippen molar-refractivity contribution in [3.8, 4) is 0 Å². The summed E-state index contributed by atoms with van der Waals surface area (Å²) in [7, 11) is 0. The first kappa shape index (κ1) is 18.6. The molecule has 0 aromatic carbocycles. The molecule has 0 saturated carbocycles. The Kier molecular flexibility index (Phi) is 6.06. The number of hydrogen-bond donors (Lipinski definition) is 0. The van der Waals surface area contributed by atoms with Crippen molar-refractivity contribution >= 4 is 64.3 Å². The van der Waals surface area contributed by atoms with Crippen LogP contribution in [0.25, 0.3) is 0 Å². The standard InChI is InChI=1S/C10H20Cl4N5P3/c11-20(12)15-21(13,18-7-3-1-4-8-18)17-22(14,16-20)19-9-5-2-6-10-19/h1-10H2/t21-,22+. The van der Waals surface area contributed by atoms with Gasteiger partial charge in [-0.1, -0.05) is 12.8 Å². The second-order valence-corrected chi connectivity index (χ2v) is 18.0. The molecule has 3 rings (SSSR count). The SMILES string of the molecule is ClP1(Cl)=N[P@](Cl)(N2CCCCC2)=N[P@](Cl)(N2CCCCC2)=N1. The Morgan fingerprint density at radius 3 is 1.41 bits per heavy atom. The van der Waals surface area contributed by atoms with E-state index >= 15 is 0 Å². The maximum absolute atomic E-state index is 6.86. The minimum Gasteiger partial charge on any atom is -0.240 e. The number of hydrogen-bond acceptors (Lipinski definition) is 5. The largest absolute Gasteiger partial charge is 0.257 e. The summed E-state index contributed by atoms with van der Waals surface area (Å²) in [6.45, 7) is -1.72. The fourth-order valence-electron chi connectivity index (χ4n) is 2.96. The second-order valence-electron chi connectivity index (χ2n) is 5.74. The highest BCUT2D eigenvalue weighted by atomic mass is 35.9. The molecule has 5 nitrogen and oxygen atoms in total. The van der Waals surface area contributed by atoms with E-state index in [0.717, 1.165) is 51.9 Å². The molecule has 3 aliphatic rings. The van der Waals surface area contributed by atoms with Crippen molar-refractivity contribution in [3.63, 3.8) is 0 Å². The van der Waals surface area contributed by atoms with Crippen LogP contribution >= 0.6 is 64.3 Å². The van der Waals surface area contributed by atoms with Gasteiger partial charge in [0.1, 0.15) is 0 Å². The van der Waals surface area contributed by atoms with E-state index in [1.54, 1.807) is 0 Å². The van der Waals surface area contributed by atoms with Crippen LogP contribution in [0.4, 0.5) is 0 Å². The predicted octanol–water partition coefficient (Wildman–Crippen LogP) is 7.77. The highest BCUT2D eigenvalue weighted by molar-refractivity contribution is 8.17. The molecule has 0 amide bonds. The maximum Gasteiger partial charge on any atom is 0.257 e. The lowest BCUT2D eigenvalue weighted by molar-refractivity contribution is 0.366. The van der Waals surface area contributed by atoms with Crippen molar-refractivity contribution in [2.45, 2.75) is 38.5 Å². The number of halogens is 4. The molecule has 2 atom stereocenters. The van der Waals surface area contributed by atoms with E-state index in [9.17, 15) is 0 Å². The van der Waals surface area contributed by atoms with Crippen molar-refractivity contribution in [1.29, 1.82) is 0 Å². The molecule has 0 radical (unpaired) electrons. The van der Waals surface area contributed by atoms with Crippen molar-refractivity contribution < 1.29 is 0 Å². The molecule has 0 bridgehead atoms. The van der Waals surface area contributed by atoms with Crippen LogP contribution in [0, 0.1) is 0 Å². The lowest BCUT2D eigenvalue weighted by Crippen LogP contribution is -2.27. The van der Waals surface area contributed by atoms with Gasteiger partial charge in [0.25, 0.3) is 5.91 Å². The zero-order valence-electron chi connectivity index (χ0n) is 12.2. The van der Waals surface area contributed by atoms with Gasteiger partial charge in [0.2, 0.25) is 13.4 Å². The van der Waals surface area contributed by atoms with Crippen LogP contribution < -0.4 is 0 Å². The summed E-state index contributed by atoms with van der Waals surface area (Å²) in [6, 6.07) is 0. The quantitative estimate of drug-likeness (QED) is 0.408. The van der Waals surface area contributed by atoms with Crippen LogP contribution in [-0.2, 0) is 0 Å². The van der Waals surface area contributed by atoms with Crippen LogP contribution in [0.15, 0.2) is 13.5 Å². The Hall–Kier alpha value is 1.77. The normalized spacial score (nSPS) is 40.4. The fraction of sp³-hybridized carbons (Fsp3) is 1.00. The van der Waals surface area contributed by atoms with Gasteiger partial charge in [-0.05, 0) is 70.6 Å². The van der Waals surface area contributed by atoms with Gasteiger partial charge in [0.15, 0.2) is 0 Å². The molecular formula is C10H20Cl4N5P3. The molecule has 12 heteroatoms. The summed E-state index contributed by atoms with van der Waals surface area (Å²) < 4.78 is 18.1. The summed E-state index contributed by atoms with van der Waals surface area (Å²) in [4.78, 5) is 0. The number of piperidine rings is 2. The minimum absolute atomic E-state index is 0.884. The molecule has 3 heterocycles. The van der Waals surface area contributed by atoms with E-state index in [2.05, 4.69) is 18.4 Å². The molecule has 0 N–H and O–H groups in total. The Morgan fingerprint density at radius 2 is 0.955 bits per heavy atom. The van der Waals surface area contributed by atoms with Crippen LogP contribution in [0.3, 0.4) is 0 Å². The Labute approximate surface area is 151 Å². The number of rotatable bonds is 2. The number of nitrogens with zero attached hydrogens (tertiary/aromatic N) is 5. The molecule has 2 fully saturated rings. The van der Waals surface area contributed by atoms with Gasteiger partial charge in [0, 0.05) is 26.2 Å². The molecule has 22 heavy (non-hydrogen) atoms. The molecule has 0 unspecified atom stereocenters. The monoisotopic (exact) mass is 443 g/mol. The fourth-order valence-corrected chi connectivity index (χ4v) is 20.4. The second kappa shape index (κ2) is 7.18. The lowest BCUT2D eigenvalue weighted by atomic mass is 10.2. The van der Waals surface area contributed by atoms with Crippen LogP contribution in [0.1, 0.15) is 38.5 Å². The first-order valence-corrected chi connectivity index (χ1v) is 16.2. The van der Waals surface area contributed by atoms with Gasteiger partial charge in [-0.3, -0.25) is 0 Å². The summed E-state index contributed by atoms with van der Waals surface area (Å²) >= 11 is 26.5. The van der Waals surface area contributed by atoms with Crippen molar-refractivity contribution in [2.24, 2.45) is 13.5 Å². The Morgan fingerprint density at radius 1 is 0.545 bits per heavy atom. The molecule has 2 saturated heterocycles. The minimum atomic E-state index is -2.86. The van der Waals surface area contributed by atoms with Gasteiger partial charge in [-0.2, -0.15) is 13.5 Å². The van der Waals surface area contributed by atoms with Crippen LogP contribution in [-0.4, -0.2) is 35.5 Å². The van der Waals surface area contributed by atoms with Gasteiger partial charge in [-0.15, -0.1) is 0 Å². The van der Waals surface area contributed by atoms with Crippen molar-refractivity contribution in [2.75, 3.05) is 26.2 Å². The third-order valence-electron chi connectivity index (χ3n) is 4.06. The van der Waals surface area contributed by atoms with E-state index < -0.39 is 19.3 Å². The third kappa shape index (κ3) is 4.12.